The van der Waals surface area contributed by atoms with Crippen molar-refractivity contribution >= 4 is 5.91 Å². The van der Waals surface area contributed by atoms with E-state index in [0.29, 0.717) is 11.9 Å². The third kappa shape index (κ3) is 2.65. The molecule has 0 aromatic carbocycles. The first-order valence-corrected chi connectivity index (χ1v) is 7.31. The van der Waals surface area contributed by atoms with E-state index in [2.05, 4.69) is 24.1 Å². The van der Waals surface area contributed by atoms with Gasteiger partial charge in [-0.15, -0.1) is 0 Å². The Bertz CT molecular complexity index is 261. The van der Waals surface area contributed by atoms with Crippen LogP contribution in [0.5, 0.6) is 0 Å². The highest BCUT2D eigenvalue weighted by molar-refractivity contribution is 5.84. The first kappa shape index (κ1) is 12.9. The van der Waals surface area contributed by atoms with Gasteiger partial charge in [-0.3, -0.25) is 10.1 Å². The number of hydrogen-bond acceptors (Lipinski definition) is 2. The molecule has 1 saturated carbocycles. The Kier molecular flexibility index (Phi) is 4.43. The zero-order valence-corrected chi connectivity index (χ0v) is 11.2. The molecule has 0 radical (unpaired) electrons. The molecule has 0 aromatic heterocycles. The second-order valence-corrected chi connectivity index (χ2v) is 5.50. The Hall–Kier alpha value is -0.570. The Morgan fingerprint density at radius 2 is 2.00 bits per heavy atom. The molecule has 1 heterocycles. The summed E-state index contributed by atoms with van der Waals surface area (Å²) in [6.45, 7) is 5.08. The molecule has 1 N–H and O–H groups in total. The van der Waals surface area contributed by atoms with Gasteiger partial charge in [0, 0.05) is 6.04 Å². The lowest BCUT2D eigenvalue weighted by molar-refractivity contribution is -0.132. The van der Waals surface area contributed by atoms with Crippen molar-refractivity contribution < 1.29 is 4.79 Å². The molecule has 1 amide bonds. The Morgan fingerprint density at radius 3 is 2.53 bits per heavy atom. The molecule has 3 heteroatoms. The fraction of sp³-hybridized carbons (Fsp3) is 0.929. The lowest BCUT2D eigenvalue weighted by Gasteiger charge is -2.35. The lowest BCUT2D eigenvalue weighted by Crippen LogP contribution is -2.43. The first-order chi connectivity index (χ1) is 8.27. The maximum absolute atomic E-state index is 12.2. The molecule has 17 heavy (non-hydrogen) atoms. The van der Waals surface area contributed by atoms with Gasteiger partial charge in [-0.1, -0.05) is 33.1 Å². The molecule has 2 rings (SSSR count). The maximum atomic E-state index is 12.2. The van der Waals surface area contributed by atoms with Crippen LogP contribution in [0.25, 0.3) is 0 Å². The van der Waals surface area contributed by atoms with Crippen LogP contribution in [0.2, 0.25) is 0 Å². The Labute approximate surface area is 105 Å². The van der Waals surface area contributed by atoms with Crippen LogP contribution in [0.1, 0.15) is 58.8 Å². The summed E-state index contributed by atoms with van der Waals surface area (Å²) in [5.41, 5.74) is 0. The summed E-state index contributed by atoms with van der Waals surface area (Å²) >= 11 is 0. The van der Waals surface area contributed by atoms with Crippen LogP contribution in [0, 0.1) is 5.92 Å². The van der Waals surface area contributed by atoms with Gasteiger partial charge in [0.1, 0.15) is 0 Å². The third-order valence-corrected chi connectivity index (χ3v) is 4.51. The van der Waals surface area contributed by atoms with E-state index >= 15 is 0 Å². The van der Waals surface area contributed by atoms with Crippen molar-refractivity contribution in [3.63, 3.8) is 0 Å². The minimum atomic E-state index is 0.0765. The summed E-state index contributed by atoms with van der Waals surface area (Å²) in [4.78, 5) is 14.4. The highest BCUT2D eigenvalue weighted by atomic mass is 16.2. The Morgan fingerprint density at radius 1 is 1.29 bits per heavy atom. The van der Waals surface area contributed by atoms with Gasteiger partial charge in [0.2, 0.25) is 5.91 Å². The van der Waals surface area contributed by atoms with Crippen molar-refractivity contribution in [2.75, 3.05) is 6.67 Å². The van der Waals surface area contributed by atoms with Crippen molar-refractivity contribution in [3.05, 3.63) is 0 Å². The van der Waals surface area contributed by atoms with Crippen LogP contribution in [-0.2, 0) is 4.79 Å². The highest BCUT2D eigenvalue weighted by Crippen LogP contribution is 2.31. The zero-order chi connectivity index (χ0) is 12.3. The van der Waals surface area contributed by atoms with Crippen molar-refractivity contribution in [2.45, 2.75) is 70.9 Å². The normalized spacial score (nSPS) is 28.7. The van der Waals surface area contributed by atoms with Crippen LogP contribution in [0.15, 0.2) is 0 Å². The van der Waals surface area contributed by atoms with E-state index in [9.17, 15) is 4.79 Å². The van der Waals surface area contributed by atoms with Crippen molar-refractivity contribution in [2.24, 2.45) is 5.92 Å². The summed E-state index contributed by atoms with van der Waals surface area (Å²) < 4.78 is 0. The number of amides is 1. The monoisotopic (exact) mass is 238 g/mol. The average Bonchev–Trinajstić information content (AvgIpc) is 2.73. The fourth-order valence-electron chi connectivity index (χ4n) is 3.50. The summed E-state index contributed by atoms with van der Waals surface area (Å²) in [6.07, 6.45) is 8.75. The molecule has 0 aromatic rings. The van der Waals surface area contributed by atoms with Crippen molar-refractivity contribution in [1.82, 2.24) is 10.2 Å². The van der Waals surface area contributed by atoms with Gasteiger partial charge in [0.25, 0.3) is 0 Å². The molecule has 2 fully saturated rings. The molecule has 1 aliphatic carbocycles. The molecule has 2 atom stereocenters. The molecule has 98 valence electrons. The van der Waals surface area contributed by atoms with E-state index < -0.39 is 0 Å². The van der Waals surface area contributed by atoms with E-state index in [1.165, 1.54) is 32.1 Å². The summed E-state index contributed by atoms with van der Waals surface area (Å²) in [6, 6.07) is 0.555. The molecule has 1 aliphatic heterocycles. The number of hydrogen-bond donors (Lipinski definition) is 1. The van der Waals surface area contributed by atoms with Gasteiger partial charge >= 0.3 is 0 Å². The average molecular weight is 238 g/mol. The van der Waals surface area contributed by atoms with Gasteiger partial charge in [-0.25, -0.2) is 0 Å². The van der Waals surface area contributed by atoms with E-state index in [-0.39, 0.29) is 6.04 Å². The molecular formula is C14H26N2O. The lowest BCUT2D eigenvalue weighted by atomic mass is 9.82. The third-order valence-electron chi connectivity index (χ3n) is 4.51. The standard InChI is InChI=1S/C14H26N2O/c1-3-12-14(17)16(10-15-12)13(4-2)11-8-6-5-7-9-11/h11-13,15H,3-10H2,1-2H3. The van der Waals surface area contributed by atoms with Crippen LogP contribution in [-0.4, -0.2) is 29.6 Å². The SMILES string of the molecule is CCC1NCN(C(CC)C2CCCCC2)C1=O. The zero-order valence-electron chi connectivity index (χ0n) is 11.2. The van der Waals surface area contributed by atoms with Gasteiger partial charge in [-0.2, -0.15) is 0 Å². The second kappa shape index (κ2) is 5.85. The maximum Gasteiger partial charge on any atom is 0.241 e. The predicted octanol–water partition coefficient (Wildman–Crippen LogP) is 2.51. The van der Waals surface area contributed by atoms with Crippen LogP contribution >= 0.6 is 0 Å². The Balaban J connectivity index is 2.00. The van der Waals surface area contributed by atoms with Crippen molar-refractivity contribution in [1.29, 1.82) is 0 Å². The number of nitrogens with zero attached hydrogens (tertiary/aromatic N) is 1. The fourth-order valence-corrected chi connectivity index (χ4v) is 3.50. The number of carbonyl (C=O) groups excluding carboxylic acids is 1. The number of carbonyl (C=O) groups is 1. The van der Waals surface area contributed by atoms with Crippen molar-refractivity contribution in [3.8, 4) is 0 Å². The molecule has 2 aliphatic rings. The van der Waals surface area contributed by atoms with E-state index in [4.69, 9.17) is 0 Å². The summed E-state index contributed by atoms with van der Waals surface area (Å²) in [5, 5.41) is 3.34. The van der Waals surface area contributed by atoms with Crippen LogP contribution < -0.4 is 5.32 Å². The molecule has 0 spiro atoms. The largest absolute Gasteiger partial charge is 0.325 e. The van der Waals surface area contributed by atoms with Gasteiger partial charge in [0.05, 0.1) is 12.7 Å². The summed E-state index contributed by atoms with van der Waals surface area (Å²) in [7, 11) is 0. The molecule has 3 nitrogen and oxygen atoms in total. The van der Waals surface area contributed by atoms with Gasteiger partial charge in [0.15, 0.2) is 0 Å². The molecule has 0 bridgehead atoms. The van der Waals surface area contributed by atoms with E-state index in [1.54, 1.807) is 0 Å². The van der Waals surface area contributed by atoms with Gasteiger partial charge < -0.3 is 4.90 Å². The smallest absolute Gasteiger partial charge is 0.241 e. The number of nitrogens with one attached hydrogen (secondary N) is 1. The van der Waals surface area contributed by atoms with Crippen LogP contribution in [0.4, 0.5) is 0 Å². The summed E-state index contributed by atoms with van der Waals surface area (Å²) in [5.74, 6) is 1.08. The van der Waals surface area contributed by atoms with E-state index in [0.717, 1.165) is 25.4 Å². The van der Waals surface area contributed by atoms with E-state index in [1.807, 2.05) is 0 Å². The minimum Gasteiger partial charge on any atom is -0.325 e. The predicted molar refractivity (Wildman–Crippen MR) is 69.6 cm³/mol. The highest BCUT2D eigenvalue weighted by Gasteiger charge is 2.37. The minimum absolute atomic E-state index is 0.0765. The second-order valence-electron chi connectivity index (χ2n) is 5.50. The molecule has 1 saturated heterocycles. The quantitative estimate of drug-likeness (QED) is 0.816. The van der Waals surface area contributed by atoms with Crippen LogP contribution in [0.3, 0.4) is 0 Å². The topological polar surface area (TPSA) is 32.3 Å². The molecular weight excluding hydrogens is 212 g/mol. The van der Waals surface area contributed by atoms with Gasteiger partial charge in [-0.05, 0) is 31.6 Å². The molecule has 2 unspecified atom stereocenters. The first-order valence-electron chi connectivity index (χ1n) is 7.31. The number of rotatable bonds is 4.